The van der Waals surface area contributed by atoms with Crippen LogP contribution in [0.1, 0.15) is 28.4 Å². The fourth-order valence-electron chi connectivity index (χ4n) is 2.05. The second kappa shape index (κ2) is 7.49. The minimum absolute atomic E-state index is 0.0248. The van der Waals surface area contributed by atoms with Gasteiger partial charge in [0, 0.05) is 4.47 Å². The topological polar surface area (TPSA) is 75.6 Å². The monoisotopic (exact) mass is 391 g/mol. The zero-order valence-corrected chi connectivity index (χ0v) is 15.2. The van der Waals surface area contributed by atoms with Gasteiger partial charge in [0.05, 0.1) is 5.69 Å². The SMILES string of the molecule is Cc1ccc(C(=O)O[C@H](C)C(=O)Nc2ccc(C)cc2Br)c(O)c1. The van der Waals surface area contributed by atoms with E-state index in [0.29, 0.717) is 5.69 Å². The average molecular weight is 392 g/mol. The van der Waals surface area contributed by atoms with Gasteiger partial charge < -0.3 is 15.2 Å². The summed E-state index contributed by atoms with van der Waals surface area (Å²) in [7, 11) is 0. The molecule has 6 heteroatoms. The van der Waals surface area contributed by atoms with E-state index < -0.39 is 18.0 Å². The lowest BCUT2D eigenvalue weighted by atomic mass is 10.1. The summed E-state index contributed by atoms with van der Waals surface area (Å²) in [4.78, 5) is 24.3. The van der Waals surface area contributed by atoms with Crippen LogP contribution in [0.15, 0.2) is 40.9 Å². The Balaban J connectivity index is 2.04. The third-order valence-electron chi connectivity index (χ3n) is 3.41. The van der Waals surface area contributed by atoms with Crippen LogP contribution in [-0.2, 0) is 9.53 Å². The number of aryl methyl sites for hydroxylation is 2. The largest absolute Gasteiger partial charge is 0.507 e. The van der Waals surface area contributed by atoms with E-state index in [1.54, 1.807) is 19.1 Å². The molecule has 0 aliphatic rings. The van der Waals surface area contributed by atoms with E-state index in [4.69, 9.17) is 4.74 Å². The zero-order chi connectivity index (χ0) is 17.9. The van der Waals surface area contributed by atoms with Crippen LogP contribution in [0.4, 0.5) is 5.69 Å². The fraction of sp³-hybridized carbons (Fsp3) is 0.222. The minimum Gasteiger partial charge on any atom is -0.507 e. The van der Waals surface area contributed by atoms with Gasteiger partial charge in [-0.25, -0.2) is 4.79 Å². The molecule has 0 fully saturated rings. The molecule has 0 bridgehead atoms. The lowest BCUT2D eigenvalue weighted by Crippen LogP contribution is -2.30. The first-order valence-corrected chi connectivity index (χ1v) is 8.15. The van der Waals surface area contributed by atoms with E-state index >= 15 is 0 Å². The maximum Gasteiger partial charge on any atom is 0.342 e. The number of phenolic OH excluding ortho intramolecular Hbond substituents is 1. The molecule has 5 nitrogen and oxygen atoms in total. The van der Waals surface area contributed by atoms with Gasteiger partial charge in [0.1, 0.15) is 11.3 Å². The van der Waals surface area contributed by atoms with E-state index in [1.165, 1.54) is 19.1 Å². The van der Waals surface area contributed by atoms with Gasteiger partial charge >= 0.3 is 5.97 Å². The van der Waals surface area contributed by atoms with Crippen LogP contribution in [0.3, 0.4) is 0 Å². The lowest BCUT2D eigenvalue weighted by Gasteiger charge is -2.15. The van der Waals surface area contributed by atoms with Crippen LogP contribution >= 0.6 is 15.9 Å². The van der Waals surface area contributed by atoms with E-state index in [2.05, 4.69) is 21.2 Å². The van der Waals surface area contributed by atoms with Gasteiger partial charge in [0.25, 0.3) is 5.91 Å². The van der Waals surface area contributed by atoms with Gasteiger partial charge in [-0.1, -0.05) is 12.1 Å². The van der Waals surface area contributed by atoms with E-state index in [0.717, 1.165) is 15.6 Å². The summed E-state index contributed by atoms with van der Waals surface area (Å²) >= 11 is 3.37. The van der Waals surface area contributed by atoms with Gasteiger partial charge in [0.2, 0.25) is 0 Å². The number of benzene rings is 2. The zero-order valence-electron chi connectivity index (χ0n) is 13.6. The van der Waals surface area contributed by atoms with Crippen LogP contribution in [0.5, 0.6) is 5.75 Å². The van der Waals surface area contributed by atoms with Gasteiger partial charge in [-0.3, -0.25) is 4.79 Å². The third-order valence-corrected chi connectivity index (χ3v) is 4.06. The van der Waals surface area contributed by atoms with Crippen molar-refractivity contribution >= 4 is 33.5 Å². The van der Waals surface area contributed by atoms with E-state index in [9.17, 15) is 14.7 Å². The normalized spacial score (nSPS) is 11.7. The van der Waals surface area contributed by atoms with E-state index in [1.807, 2.05) is 19.1 Å². The highest BCUT2D eigenvalue weighted by molar-refractivity contribution is 9.10. The Hall–Kier alpha value is -2.34. The summed E-state index contributed by atoms with van der Waals surface area (Å²) in [5.74, 6) is -1.38. The standard InChI is InChI=1S/C18H18BrNO4/c1-10-5-7-15(14(19)8-10)20-17(22)12(3)24-18(23)13-6-4-11(2)9-16(13)21/h4-9,12,21H,1-3H3,(H,20,22)/t12-/m1/s1. The van der Waals surface area contributed by atoms with Crippen molar-refractivity contribution in [2.24, 2.45) is 0 Å². The first kappa shape index (κ1) is 18.0. The Kier molecular flexibility index (Phi) is 5.62. The molecule has 24 heavy (non-hydrogen) atoms. The number of esters is 1. The number of rotatable bonds is 4. The first-order chi connectivity index (χ1) is 11.3. The number of carbonyl (C=O) groups excluding carboxylic acids is 2. The molecular formula is C18H18BrNO4. The molecule has 0 spiro atoms. The molecule has 0 saturated carbocycles. The number of phenols is 1. The maximum atomic E-state index is 12.2. The Bertz CT molecular complexity index is 789. The second-order valence-electron chi connectivity index (χ2n) is 5.54. The second-order valence-corrected chi connectivity index (χ2v) is 6.40. The molecule has 0 aliphatic carbocycles. The van der Waals surface area contributed by atoms with Crippen molar-refractivity contribution in [2.75, 3.05) is 5.32 Å². The number of nitrogens with one attached hydrogen (secondary N) is 1. The van der Waals surface area contributed by atoms with E-state index in [-0.39, 0.29) is 11.3 Å². The average Bonchev–Trinajstić information content (AvgIpc) is 2.49. The molecule has 2 aromatic rings. The Labute approximate surface area is 148 Å². The van der Waals surface area contributed by atoms with Crippen molar-refractivity contribution in [1.29, 1.82) is 0 Å². The van der Waals surface area contributed by atoms with Crippen molar-refractivity contribution in [2.45, 2.75) is 26.9 Å². The molecule has 126 valence electrons. The summed E-state index contributed by atoms with van der Waals surface area (Å²) in [6, 6.07) is 10.1. The molecule has 1 amide bonds. The van der Waals surface area contributed by atoms with Crippen LogP contribution < -0.4 is 5.32 Å². The van der Waals surface area contributed by atoms with Crippen molar-refractivity contribution < 1.29 is 19.4 Å². The first-order valence-electron chi connectivity index (χ1n) is 7.35. The third kappa shape index (κ3) is 4.35. The van der Waals surface area contributed by atoms with Crippen molar-refractivity contribution in [3.05, 3.63) is 57.6 Å². The van der Waals surface area contributed by atoms with Crippen molar-refractivity contribution in [3.8, 4) is 5.75 Å². The summed E-state index contributed by atoms with van der Waals surface area (Å²) in [5.41, 5.74) is 2.48. The summed E-state index contributed by atoms with van der Waals surface area (Å²) in [5, 5.41) is 12.5. The predicted molar refractivity (Wildman–Crippen MR) is 95.2 cm³/mol. The van der Waals surface area contributed by atoms with Crippen molar-refractivity contribution in [1.82, 2.24) is 0 Å². The number of hydrogen-bond acceptors (Lipinski definition) is 4. The Morgan fingerprint density at radius 1 is 1.12 bits per heavy atom. The summed E-state index contributed by atoms with van der Waals surface area (Å²) in [6.45, 7) is 5.21. The molecule has 0 unspecified atom stereocenters. The quantitative estimate of drug-likeness (QED) is 0.773. The summed E-state index contributed by atoms with van der Waals surface area (Å²) in [6.07, 6.45) is -1.01. The fourth-order valence-corrected chi connectivity index (χ4v) is 2.64. The van der Waals surface area contributed by atoms with Crippen molar-refractivity contribution in [3.63, 3.8) is 0 Å². The predicted octanol–water partition coefficient (Wildman–Crippen LogP) is 3.96. The molecule has 2 N–H and O–H groups in total. The van der Waals surface area contributed by atoms with Gasteiger partial charge in [-0.15, -0.1) is 0 Å². The Morgan fingerprint density at radius 2 is 1.75 bits per heavy atom. The van der Waals surface area contributed by atoms with Gasteiger partial charge in [-0.05, 0) is 72.1 Å². The van der Waals surface area contributed by atoms with Crippen LogP contribution in [0.25, 0.3) is 0 Å². The highest BCUT2D eigenvalue weighted by Gasteiger charge is 2.21. The van der Waals surface area contributed by atoms with Gasteiger partial charge in [-0.2, -0.15) is 0 Å². The number of ether oxygens (including phenoxy) is 1. The summed E-state index contributed by atoms with van der Waals surface area (Å²) < 4.78 is 5.87. The van der Waals surface area contributed by atoms with Crippen LogP contribution in [0.2, 0.25) is 0 Å². The molecule has 0 aliphatic heterocycles. The van der Waals surface area contributed by atoms with Crippen LogP contribution in [-0.4, -0.2) is 23.1 Å². The smallest absolute Gasteiger partial charge is 0.342 e. The Morgan fingerprint density at radius 3 is 2.38 bits per heavy atom. The number of halogens is 1. The number of anilines is 1. The highest BCUT2D eigenvalue weighted by Crippen LogP contribution is 2.24. The maximum absolute atomic E-state index is 12.2. The number of aromatic hydroxyl groups is 1. The van der Waals surface area contributed by atoms with Gasteiger partial charge in [0.15, 0.2) is 6.10 Å². The van der Waals surface area contributed by atoms with Crippen LogP contribution in [0, 0.1) is 13.8 Å². The molecule has 0 heterocycles. The number of amides is 1. The lowest BCUT2D eigenvalue weighted by molar-refractivity contribution is -0.123. The number of carbonyl (C=O) groups is 2. The molecular weight excluding hydrogens is 374 g/mol. The minimum atomic E-state index is -1.01. The highest BCUT2D eigenvalue weighted by atomic mass is 79.9. The number of hydrogen-bond donors (Lipinski definition) is 2. The molecule has 0 radical (unpaired) electrons. The molecule has 0 saturated heterocycles. The molecule has 1 atom stereocenters. The molecule has 2 rings (SSSR count). The molecule has 0 aromatic heterocycles. The molecule has 2 aromatic carbocycles.